The van der Waals surface area contributed by atoms with Crippen molar-refractivity contribution in [2.75, 3.05) is 13.2 Å². The quantitative estimate of drug-likeness (QED) is 0.824. The summed E-state index contributed by atoms with van der Waals surface area (Å²) in [5, 5.41) is 6.36. The fourth-order valence-corrected chi connectivity index (χ4v) is 3.44. The fourth-order valence-electron chi connectivity index (χ4n) is 1.93. The van der Waals surface area contributed by atoms with E-state index in [0.29, 0.717) is 25.3 Å². The lowest BCUT2D eigenvalue weighted by atomic mass is 9.99. The molecule has 6 nitrogen and oxygen atoms in total. The van der Waals surface area contributed by atoms with Crippen LogP contribution in [-0.2, 0) is 14.8 Å². The zero-order valence-electron chi connectivity index (χ0n) is 9.93. The van der Waals surface area contributed by atoms with E-state index in [0.717, 1.165) is 0 Å². The third-order valence-electron chi connectivity index (χ3n) is 3.02. The van der Waals surface area contributed by atoms with E-state index in [1.54, 1.807) is 6.92 Å². The highest BCUT2D eigenvalue weighted by atomic mass is 32.2. The SMILES string of the molecule is Cc1[nH]ncc1S(=O)(=O)NC1CCOCC1C. The van der Waals surface area contributed by atoms with Gasteiger partial charge < -0.3 is 4.74 Å². The number of aromatic nitrogens is 2. The summed E-state index contributed by atoms with van der Waals surface area (Å²) in [6.07, 6.45) is 2.04. The van der Waals surface area contributed by atoms with Gasteiger partial charge in [-0.3, -0.25) is 5.10 Å². The molecule has 17 heavy (non-hydrogen) atoms. The number of aromatic amines is 1. The van der Waals surface area contributed by atoms with Gasteiger partial charge in [-0.1, -0.05) is 6.92 Å². The minimum atomic E-state index is -3.48. The average Bonchev–Trinajstić information content (AvgIpc) is 2.68. The Morgan fingerprint density at radius 1 is 1.59 bits per heavy atom. The molecule has 1 aliphatic rings. The lowest BCUT2D eigenvalue weighted by Gasteiger charge is -2.29. The minimum absolute atomic E-state index is 0.0666. The van der Waals surface area contributed by atoms with Crippen molar-refractivity contribution in [2.45, 2.75) is 31.2 Å². The molecule has 2 unspecified atom stereocenters. The minimum Gasteiger partial charge on any atom is -0.381 e. The second-order valence-electron chi connectivity index (χ2n) is 4.43. The highest BCUT2D eigenvalue weighted by Crippen LogP contribution is 2.18. The summed E-state index contributed by atoms with van der Waals surface area (Å²) in [4.78, 5) is 0.219. The van der Waals surface area contributed by atoms with Gasteiger partial charge in [-0.05, 0) is 19.3 Å². The molecule has 0 bridgehead atoms. The molecule has 96 valence electrons. The normalized spacial score (nSPS) is 26.0. The predicted molar refractivity (Wildman–Crippen MR) is 62.0 cm³/mol. The number of ether oxygens (including phenoxy) is 1. The third-order valence-corrected chi connectivity index (χ3v) is 4.62. The maximum atomic E-state index is 12.1. The first-order valence-electron chi connectivity index (χ1n) is 5.61. The van der Waals surface area contributed by atoms with Gasteiger partial charge in [0.05, 0.1) is 18.5 Å². The van der Waals surface area contributed by atoms with E-state index in [2.05, 4.69) is 14.9 Å². The molecule has 1 aromatic heterocycles. The van der Waals surface area contributed by atoms with Crippen LogP contribution in [0.25, 0.3) is 0 Å². The highest BCUT2D eigenvalue weighted by Gasteiger charge is 2.28. The van der Waals surface area contributed by atoms with Gasteiger partial charge in [0.1, 0.15) is 4.90 Å². The van der Waals surface area contributed by atoms with Crippen molar-refractivity contribution in [3.8, 4) is 0 Å². The smallest absolute Gasteiger partial charge is 0.244 e. The number of nitrogens with zero attached hydrogens (tertiary/aromatic N) is 1. The van der Waals surface area contributed by atoms with Crippen LogP contribution in [0.15, 0.2) is 11.1 Å². The molecule has 0 saturated carbocycles. The summed E-state index contributed by atoms with van der Waals surface area (Å²) >= 11 is 0. The lowest BCUT2D eigenvalue weighted by molar-refractivity contribution is 0.0450. The Kier molecular flexibility index (Phi) is 3.50. The van der Waals surface area contributed by atoms with Crippen molar-refractivity contribution in [3.63, 3.8) is 0 Å². The third kappa shape index (κ3) is 2.67. The summed E-state index contributed by atoms with van der Waals surface area (Å²) in [6, 6.07) is -0.0666. The number of rotatable bonds is 3. The Morgan fingerprint density at radius 3 is 2.94 bits per heavy atom. The molecular formula is C10H17N3O3S. The van der Waals surface area contributed by atoms with E-state index in [-0.39, 0.29) is 16.9 Å². The van der Waals surface area contributed by atoms with E-state index >= 15 is 0 Å². The van der Waals surface area contributed by atoms with E-state index in [1.807, 2.05) is 6.92 Å². The van der Waals surface area contributed by atoms with Crippen molar-refractivity contribution < 1.29 is 13.2 Å². The Morgan fingerprint density at radius 2 is 2.35 bits per heavy atom. The molecule has 2 atom stereocenters. The molecule has 2 heterocycles. The largest absolute Gasteiger partial charge is 0.381 e. The molecule has 0 radical (unpaired) electrons. The monoisotopic (exact) mass is 259 g/mol. The van der Waals surface area contributed by atoms with Gasteiger partial charge >= 0.3 is 0 Å². The van der Waals surface area contributed by atoms with Crippen LogP contribution in [0.1, 0.15) is 19.0 Å². The molecule has 7 heteroatoms. The maximum Gasteiger partial charge on any atom is 0.244 e. The van der Waals surface area contributed by atoms with Crippen molar-refractivity contribution in [1.82, 2.24) is 14.9 Å². The number of H-pyrrole nitrogens is 1. The van der Waals surface area contributed by atoms with Crippen LogP contribution in [0.3, 0.4) is 0 Å². The van der Waals surface area contributed by atoms with Crippen LogP contribution in [0, 0.1) is 12.8 Å². The Bertz CT molecular complexity index is 483. The topological polar surface area (TPSA) is 84.1 Å². The summed E-state index contributed by atoms with van der Waals surface area (Å²) in [5.41, 5.74) is 0.553. The van der Waals surface area contributed by atoms with Crippen molar-refractivity contribution in [1.29, 1.82) is 0 Å². The van der Waals surface area contributed by atoms with Crippen molar-refractivity contribution in [2.24, 2.45) is 5.92 Å². The first-order valence-corrected chi connectivity index (χ1v) is 7.09. The van der Waals surface area contributed by atoms with Gasteiger partial charge in [-0.25, -0.2) is 13.1 Å². The summed E-state index contributed by atoms with van der Waals surface area (Å²) in [7, 11) is -3.48. The molecule has 0 aliphatic carbocycles. The van der Waals surface area contributed by atoms with Crippen LogP contribution >= 0.6 is 0 Å². The highest BCUT2D eigenvalue weighted by molar-refractivity contribution is 7.89. The second kappa shape index (κ2) is 4.75. The number of hydrogen-bond donors (Lipinski definition) is 2. The number of aryl methyl sites for hydroxylation is 1. The zero-order chi connectivity index (χ0) is 12.5. The molecule has 1 aromatic rings. The predicted octanol–water partition coefficient (Wildman–Crippen LogP) is 0.421. The van der Waals surface area contributed by atoms with Gasteiger partial charge in [0.25, 0.3) is 0 Å². The van der Waals surface area contributed by atoms with Crippen LogP contribution in [0.5, 0.6) is 0 Å². The number of nitrogens with one attached hydrogen (secondary N) is 2. The van der Waals surface area contributed by atoms with Crippen LogP contribution in [-0.4, -0.2) is 37.9 Å². The first kappa shape index (κ1) is 12.5. The summed E-state index contributed by atoms with van der Waals surface area (Å²) in [6.45, 7) is 4.86. The molecule has 2 rings (SSSR count). The first-order chi connectivity index (χ1) is 8.00. The standard InChI is InChI=1S/C10H17N3O3S/c1-7-6-16-4-3-9(7)13-17(14,15)10-5-11-12-8(10)2/h5,7,9,13H,3-4,6H2,1-2H3,(H,11,12). The van der Waals surface area contributed by atoms with Gasteiger partial charge in [0.15, 0.2) is 0 Å². The fraction of sp³-hybridized carbons (Fsp3) is 0.700. The molecule has 1 aliphatic heterocycles. The van der Waals surface area contributed by atoms with E-state index in [9.17, 15) is 8.42 Å². The molecule has 0 amide bonds. The van der Waals surface area contributed by atoms with Gasteiger partial charge in [0, 0.05) is 12.6 Å². The Labute approximate surface area is 101 Å². The Hall–Kier alpha value is -0.920. The second-order valence-corrected chi connectivity index (χ2v) is 6.11. The molecule has 1 saturated heterocycles. The molecule has 2 N–H and O–H groups in total. The van der Waals surface area contributed by atoms with E-state index < -0.39 is 10.0 Å². The summed E-state index contributed by atoms with van der Waals surface area (Å²) in [5.74, 6) is 0.186. The number of hydrogen-bond acceptors (Lipinski definition) is 4. The van der Waals surface area contributed by atoms with Crippen LogP contribution < -0.4 is 4.72 Å². The van der Waals surface area contributed by atoms with E-state index in [4.69, 9.17) is 4.74 Å². The maximum absolute atomic E-state index is 12.1. The van der Waals surface area contributed by atoms with Gasteiger partial charge in [-0.15, -0.1) is 0 Å². The molecule has 0 aromatic carbocycles. The van der Waals surface area contributed by atoms with E-state index in [1.165, 1.54) is 6.20 Å². The van der Waals surface area contributed by atoms with Gasteiger partial charge in [-0.2, -0.15) is 5.10 Å². The average molecular weight is 259 g/mol. The van der Waals surface area contributed by atoms with Crippen molar-refractivity contribution in [3.05, 3.63) is 11.9 Å². The molecule has 0 spiro atoms. The van der Waals surface area contributed by atoms with Crippen LogP contribution in [0.2, 0.25) is 0 Å². The summed E-state index contributed by atoms with van der Waals surface area (Å²) < 4.78 is 32.2. The van der Waals surface area contributed by atoms with Crippen molar-refractivity contribution >= 4 is 10.0 Å². The Balaban J connectivity index is 2.15. The number of sulfonamides is 1. The molecule has 1 fully saturated rings. The lowest BCUT2D eigenvalue weighted by Crippen LogP contribution is -2.44. The zero-order valence-corrected chi connectivity index (χ0v) is 10.8. The van der Waals surface area contributed by atoms with Crippen LogP contribution in [0.4, 0.5) is 0 Å². The molecular weight excluding hydrogens is 242 g/mol. The van der Waals surface area contributed by atoms with Gasteiger partial charge in [0.2, 0.25) is 10.0 Å².